The number of nitrogens with one attached hydrogen (secondary N) is 2. The third kappa shape index (κ3) is 4.02. The van der Waals surface area contributed by atoms with E-state index in [-0.39, 0.29) is 5.91 Å². The summed E-state index contributed by atoms with van der Waals surface area (Å²) in [6.45, 7) is 6.60. The highest BCUT2D eigenvalue weighted by atomic mass is 16.1. The number of carbonyl (C=O) groups is 1. The molecule has 0 aliphatic carbocycles. The third-order valence-corrected chi connectivity index (χ3v) is 5.44. The molecule has 1 aliphatic rings. The Balaban J connectivity index is 1.36. The Hall–Kier alpha value is -2.86. The number of benzene rings is 1. The first-order valence-corrected chi connectivity index (χ1v) is 9.84. The molecule has 1 amide bonds. The summed E-state index contributed by atoms with van der Waals surface area (Å²) in [7, 11) is 2.13. The molecule has 4 rings (SSSR count). The van der Waals surface area contributed by atoms with E-state index in [1.54, 1.807) is 12.3 Å². The number of hydrogen-bond donors (Lipinski definition) is 2. The minimum absolute atomic E-state index is 0.0477. The molecular formula is C22H27N5O. The Bertz CT molecular complexity index is 972. The molecule has 0 radical (unpaired) electrons. The van der Waals surface area contributed by atoms with Gasteiger partial charge in [-0.05, 0) is 49.7 Å². The zero-order valence-corrected chi connectivity index (χ0v) is 16.5. The second-order valence-electron chi connectivity index (χ2n) is 7.56. The second kappa shape index (κ2) is 8.02. The Kier molecular flexibility index (Phi) is 5.30. The molecule has 1 aliphatic heterocycles. The van der Waals surface area contributed by atoms with Gasteiger partial charge in [0, 0.05) is 61.6 Å². The molecule has 2 aromatic heterocycles. The van der Waals surface area contributed by atoms with Gasteiger partial charge in [0.1, 0.15) is 5.82 Å². The van der Waals surface area contributed by atoms with Crippen molar-refractivity contribution in [3.05, 3.63) is 59.4 Å². The van der Waals surface area contributed by atoms with Crippen LogP contribution in [0, 0.1) is 6.92 Å². The summed E-state index contributed by atoms with van der Waals surface area (Å²) in [5.41, 5.74) is 4.27. The maximum Gasteiger partial charge on any atom is 0.251 e. The van der Waals surface area contributed by atoms with Crippen LogP contribution in [0.3, 0.4) is 0 Å². The molecule has 146 valence electrons. The number of carbonyl (C=O) groups excluding carboxylic acids is 1. The normalized spacial score (nSPS) is 15.1. The van der Waals surface area contributed by atoms with Crippen molar-refractivity contribution >= 4 is 22.6 Å². The van der Waals surface area contributed by atoms with Crippen LogP contribution in [-0.2, 0) is 6.42 Å². The average Bonchev–Trinajstić information content (AvgIpc) is 3.10. The average molecular weight is 377 g/mol. The van der Waals surface area contributed by atoms with Crippen molar-refractivity contribution in [3.63, 3.8) is 0 Å². The lowest BCUT2D eigenvalue weighted by molar-refractivity contribution is 0.0954. The van der Waals surface area contributed by atoms with Gasteiger partial charge in [-0.15, -0.1) is 0 Å². The molecule has 0 atom stereocenters. The smallest absolute Gasteiger partial charge is 0.251 e. The van der Waals surface area contributed by atoms with E-state index in [4.69, 9.17) is 0 Å². The van der Waals surface area contributed by atoms with Gasteiger partial charge in [-0.1, -0.05) is 12.1 Å². The number of aromatic nitrogens is 2. The summed E-state index contributed by atoms with van der Waals surface area (Å²) in [6, 6.07) is 10.1. The molecular weight excluding hydrogens is 350 g/mol. The van der Waals surface area contributed by atoms with Gasteiger partial charge in [0.2, 0.25) is 0 Å². The molecule has 6 heteroatoms. The van der Waals surface area contributed by atoms with Crippen molar-refractivity contribution in [2.75, 3.05) is 44.7 Å². The maximum atomic E-state index is 12.6. The largest absolute Gasteiger partial charge is 0.361 e. The molecule has 3 heterocycles. The second-order valence-corrected chi connectivity index (χ2v) is 7.56. The summed E-state index contributed by atoms with van der Waals surface area (Å²) in [5.74, 6) is 0.834. The molecule has 28 heavy (non-hydrogen) atoms. The highest BCUT2D eigenvalue weighted by Gasteiger charge is 2.16. The van der Waals surface area contributed by atoms with Crippen LogP contribution < -0.4 is 10.2 Å². The third-order valence-electron chi connectivity index (χ3n) is 5.44. The van der Waals surface area contributed by atoms with Gasteiger partial charge in [0.25, 0.3) is 5.91 Å². The van der Waals surface area contributed by atoms with Crippen LogP contribution in [0.5, 0.6) is 0 Å². The lowest BCUT2D eigenvalue weighted by atomic mass is 10.1. The van der Waals surface area contributed by atoms with E-state index in [1.807, 2.05) is 12.3 Å². The van der Waals surface area contributed by atoms with Gasteiger partial charge in [0.15, 0.2) is 0 Å². The number of amides is 1. The quantitative estimate of drug-likeness (QED) is 0.717. The van der Waals surface area contributed by atoms with E-state index in [0.717, 1.165) is 43.9 Å². The minimum Gasteiger partial charge on any atom is -0.361 e. The van der Waals surface area contributed by atoms with Crippen molar-refractivity contribution in [3.8, 4) is 0 Å². The van der Waals surface area contributed by atoms with E-state index in [1.165, 1.54) is 16.5 Å². The summed E-state index contributed by atoms with van der Waals surface area (Å²) < 4.78 is 0. The first-order chi connectivity index (χ1) is 13.6. The van der Waals surface area contributed by atoms with Crippen LogP contribution in [0.25, 0.3) is 10.9 Å². The predicted molar refractivity (Wildman–Crippen MR) is 113 cm³/mol. The molecule has 6 nitrogen and oxygen atoms in total. The standard InChI is InChI=1S/C22H27N5O/c1-16-3-4-19-18(15-25-20(19)13-16)6-8-24-22(28)17-5-7-23-21(14-17)27-11-9-26(2)10-12-27/h3-5,7,13-15,25H,6,8-12H2,1-2H3,(H,24,28). The molecule has 1 saturated heterocycles. The van der Waals surface area contributed by atoms with E-state index in [0.29, 0.717) is 12.1 Å². The minimum atomic E-state index is -0.0477. The topological polar surface area (TPSA) is 64.3 Å². The number of rotatable bonds is 5. The number of nitrogens with zero attached hydrogens (tertiary/aromatic N) is 3. The van der Waals surface area contributed by atoms with Crippen LogP contribution in [0.2, 0.25) is 0 Å². The monoisotopic (exact) mass is 377 g/mol. The van der Waals surface area contributed by atoms with E-state index in [9.17, 15) is 4.79 Å². The first kappa shape index (κ1) is 18.5. The van der Waals surface area contributed by atoms with Crippen molar-refractivity contribution in [1.82, 2.24) is 20.2 Å². The number of pyridine rings is 1. The van der Waals surface area contributed by atoms with Crippen LogP contribution in [0.15, 0.2) is 42.7 Å². The van der Waals surface area contributed by atoms with Crippen molar-refractivity contribution in [2.24, 2.45) is 0 Å². The van der Waals surface area contributed by atoms with Crippen LogP contribution in [0.1, 0.15) is 21.5 Å². The lowest BCUT2D eigenvalue weighted by Gasteiger charge is -2.33. The number of fused-ring (bicyclic) bond motifs is 1. The summed E-state index contributed by atoms with van der Waals surface area (Å²) in [4.78, 5) is 24.9. The van der Waals surface area contributed by atoms with Crippen molar-refractivity contribution < 1.29 is 4.79 Å². The molecule has 3 aromatic rings. The maximum absolute atomic E-state index is 12.6. The highest BCUT2D eigenvalue weighted by molar-refractivity contribution is 5.94. The first-order valence-electron chi connectivity index (χ1n) is 9.84. The lowest BCUT2D eigenvalue weighted by Crippen LogP contribution is -2.44. The Morgan fingerprint density at radius 3 is 2.82 bits per heavy atom. The number of aryl methyl sites for hydroxylation is 1. The van der Waals surface area contributed by atoms with Gasteiger partial charge in [-0.2, -0.15) is 0 Å². The Labute approximate surface area is 165 Å². The molecule has 0 bridgehead atoms. The fraction of sp³-hybridized carbons (Fsp3) is 0.364. The van der Waals surface area contributed by atoms with Crippen LogP contribution >= 0.6 is 0 Å². The van der Waals surface area contributed by atoms with Crippen molar-refractivity contribution in [1.29, 1.82) is 0 Å². The zero-order valence-electron chi connectivity index (χ0n) is 16.5. The van der Waals surface area contributed by atoms with Crippen molar-refractivity contribution in [2.45, 2.75) is 13.3 Å². The van der Waals surface area contributed by atoms with E-state index >= 15 is 0 Å². The number of aromatic amines is 1. The number of piperazine rings is 1. The molecule has 0 saturated carbocycles. The van der Waals surface area contributed by atoms with Crippen LogP contribution in [-0.4, -0.2) is 60.5 Å². The molecule has 2 N–H and O–H groups in total. The summed E-state index contributed by atoms with van der Waals surface area (Å²) >= 11 is 0. The summed E-state index contributed by atoms with van der Waals surface area (Å²) in [5, 5.41) is 4.27. The van der Waals surface area contributed by atoms with E-state index in [2.05, 4.69) is 57.3 Å². The van der Waals surface area contributed by atoms with Gasteiger partial charge in [-0.25, -0.2) is 4.98 Å². The van der Waals surface area contributed by atoms with Crippen LogP contribution in [0.4, 0.5) is 5.82 Å². The van der Waals surface area contributed by atoms with Gasteiger partial charge >= 0.3 is 0 Å². The SMILES string of the molecule is Cc1ccc2c(CCNC(=O)c3ccnc(N4CCN(C)CC4)c3)c[nH]c2c1. The predicted octanol–water partition coefficient (Wildman–Crippen LogP) is 2.60. The molecule has 0 unspecified atom stereocenters. The Morgan fingerprint density at radius 2 is 2.00 bits per heavy atom. The number of H-pyrrole nitrogens is 1. The van der Waals surface area contributed by atoms with E-state index < -0.39 is 0 Å². The molecule has 1 fully saturated rings. The van der Waals surface area contributed by atoms with Gasteiger partial charge in [-0.3, -0.25) is 4.79 Å². The molecule has 0 spiro atoms. The van der Waals surface area contributed by atoms with Gasteiger partial charge in [0.05, 0.1) is 0 Å². The number of anilines is 1. The highest BCUT2D eigenvalue weighted by Crippen LogP contribution is 2.20. The number of likely N-dealkylation sites (N-methyl/N-ethyl adjacent to an activating group) is 1. The number of hydrogen-bond acceptors (Lipinski definition) is 4. The fourth-order valence-electron chi connectivity index (χ4n) is 3.69. The summed E-state index contributed by atoms with van der Waals surface area (Å²) in [6.07, 6.45) is 4.56. The zero-order chi connectivity index (χ0) is 19.5. The fourth-order valence-corrected chi connectivity index (χ4v) is 3.69. The molecule has 1 aromatic carbocycles. The Morgan fingerprint density at radius 1 is 1.18 bits per heavy atom. The van der Waals surface area contributed by atoms with Gasteiger partial charge < -0.3 is 20.1 Å².